The number of nitrogens with one attached hydrogen (secondary N) is 1. The molecular formula is C20H16ClN3O2S. The Kier molecular flexibility index (Phi) is 5.97. The van der Waals surface area contributed by atoms with Crippen molar-refractivity contribution in [2.45, 2.75) is 0 Å². The van der Waals surface area contributed by atoms with Crippen molar-refractivity contribution in [2.75, 3.05) is 19.5 Å². The van der Waals surface area contributed by atoms with Crippen LogP contribution in [0.15, 0.2) is 54.0 Å². The van der Waals surface area contributed by atoms with Crippen molar-refractivity contribution in [3.63, 3.8) is 0 Å². The molecule has 1 heterocycles. The van der Waals surface area contributed by atoms with Crippen molar-refractivity contribution >= 4 is 34.2 Å². The van der Waals surface area contributed by atoms with E-state index in [-0.39, 0.29) is 0 Å². The van der Waals surface area contributed by atoms with Crippen molar-refractivity contribution in [2.24, 2.45) is 0 Å². The summed E-state index contributed by atoms with van der Waals surface area (Å²) in [6.45, 7) is 0. The molecule has 0 radical (unpaired) electrons. The molecule has 27 heavy (non-hydrogen) atoms. The number of rotatable bonds is 6. The van der Waals surface area contributed by atoms with Gasteiger partial charge in [-0.25, -0.2) is 4.98 Å². The number of allylic oxidation sites excluding steroid dienone is 1. The van der Waals surface area contributed by atoms with Gasteiger partial charge in [-0.05, 0) is 42.5 Å². The molecule has 3 rings (SSSR count). The fourth-order valence-electron chi connectivity index (χ4n) is 2.38. The third-order valence-corrected chi connectivity index (χ3v) is 4.89. The molecule has 1 N–H and O–H groups in total. The van der Waals surface area contributed by atoms with Gasteiger partial charge in [0.25, 0.3) is 0 Å². The first-order valence-electron chi connectivity index (χ1n) is 7.95. The summed E-state index contributed by atoms with van der Waals surface area (Å²) in [5.74, 6) is 1.41. The summed E-state index contributed by atoms with van der Waals surface area (Å²) < 4.78 is 10.5. The zero-order chi connectivity index (χ0) is 19.2. The monoisotopic (exact) mass is 397 g/mol. The van der Waals surface area contributed by atoms with Gasteiger partial charge in [0.05, 0.1) is 25.6 Å². The first kappa shape index (κ1) is 18.8. The number of nitrogens with zero attached hydrogens (tertiary/aromatic N) is 2. The van der Waals surface area contributed by atoms with Crippen molar-refractivity contribution in [3.8, 4) is 28.8 Å². The zero-order valence-corrected chi connectivity index (χ0v) is 16.3. The second-order valence-corrected chi connectivity index (χ2v) is 6.72. The van der Waals surface area contributed by atoms with Crippen LogP contribution in [0.5, 0.6) is 11.5 Å². The van der Waals surface area contributed by atoms with Gasteiger partial charge in [0.15, 0.2) is 0 Å². The largest absolute Gasteiger partial charge is 0.497 e. The van der Waals surface area contributed by atoms with Crippen LogP contribution >= 0.6 is 22.9 Å². The number of halogens is 1. The predicted molar refractivity (Wildman–Crippen MR) is 109 cm³/mol. The Morgan fingerprint density at radius 1 is 1.19 bits per heavy atom. The summed E-state index contributed by atoms with van der Waals surface area (Å²) in [5, 5.41) is 15.7. The fourth-order valence-corrected chi connectivity index (χ4v) is 3.34. The predicted octanol–water partition coefficient (Wildman–Crippen LogP) is 5.46. The minimum Gasteiger partial charge on any atom is -0.497 e. The Hall–Kier alpha value is -3.01. The van der Waals surface area contributed by atoms with Gasteiger partial charge in [0.1, 0.15) is 28.1 Å². The molecule has 0 unspecified atom stereocenters. The van der Waals surface area contributed by atoms with Crippen molar-refractivity contribution in [3.05, 3.63) is 64.1 Å². The van der Waals surface area contributed by atoms with E-state index < -0.39 is 0 Å². The summed E-state index contributed by atoms with van der Waals surface area (Å²) in [7, 11) is 3.20. The average Bonchev–Trinajstić information content (AvgIpc) is 3.19. The summed E-state index contributed by atoms with van der Waals surface area (Å²) >= 11 is 7.44. The van der Waals surface area contributed by atoms with E-state index in [1.54, 1.807) is 38.6 Å². The van der Waals surface area contributed by atoms with Gasteiger partial charge in [-0.3, -0.25) is 0 Å². The minimum absolute atomic E-state index is 0.418. The van der Waals surface area contributed by atoms with Crippen LogP contribution in [0, 0.1) is 11.3 Å². The van der Waals surface area contributed by atoms with Crippen molar-refractivity contribution in [1.82, 2.24) is 4.98 Å². The maximum atomic E-state index is 9.52. The number of methoxy groups -OCH3 is 2. The van der Waals surface area contributed by atoms with Crippen LogP contribution in [-0.4, -0.2) is 19.2 Å². The molecule has 5 nitrogen and oxygen atoms in total. The number of nitriles is 1. The van der Waals surface area contributed by atoms with E-state index in [9.17, 15) is 5.26 Å². The Morgan fingerprint density at radius 3 is 2.63 bits per heavy atom. The van der Waals surface area contributed by atoms with Crippen LogP contribution in [0.2, 0.25) is 5.02 Å². The molecule has 0 bridgehead atoms. The lowest BCUT2D eigenvalue weighted by Crippen LogP contribution is -1.95. The van der Waals surface area contributed by atoms with Crippen LogP contribution in [0.3, 0.4) is 0 Å². The second-order valence-electron chi connectivity index (χ2n) is 5.43. The van der Waals surface area contributed by atoms with Gasteiger partial charge in [-0.15, -0.1) is 11.3 Å². The Bertz CT molecular complexity index is 1010. The van der Waals surface area contributed by atoms with Gasteiger partial charge in [-0.1, -0.05) is 11.6 Å². The molecule has 7 heteroatoms. The van der Waals surface area contributed by atoms with Gasteiger partial charge in [0.2, 0.25) is 0 Å². The summed E-state index contributed by atoms with van der Waals surface area (Å²) in [6.07, 6.45) is 1.60. The van der Waals surface area contributed by atoms with Gasteiger partial charge in [0, 0.05) is 22.2 Å². The van der Waals surface area contributed by atoms with E-state index in [1.807, 2.05) is 29.6 Å². The SMILES string of the molecule is COc1ccc(-c2csc(C(C#N)=CNc3cc(Cl)ccc3OC)n2)cc1. The average molecular weight is 398 g/mol. The molecule has 0 aliphatic heterocycles. The summed E-state index contributed by atoms with van der Waals surface area (Å²) in [4.78, 5) is 4.57. The van der Waals surface area contributed by atoms with Crippen molar-refractivity contribution in [1.29, 1.82) is 5.26 Å². The number of thiazole rings is 1. The molecule has 0 saturated carbocycles. The van der Waals surface area contributed by atoms with Crippen molar-refractivity contribution < 1.29 is 9.47 Å². The lowest BCUT2D eigenvalue weighted by Gasteiger charge is -2.08. The summed E-state index contributed by atoms with van der Waals surface area (Å²) in [6, 6.07) is 15.0. The minimum atomic E-state index is 0.418. The smallest absolute Gasteiger partial charge is 0.142 e. The van der Waals surface area contributed by atoms with Crippen LogP contribution in [0.4, 0.5) is 5.69 Å². The van der Waals surface area contributed by atoms with E-state index in [0.29, 0.717) is 27.0 Å². The van der Waals surface area contributed by atoms with E-state index in [1.165, 1.54) is 11.3 Å². The molecular weight excluding hydrogens is 382 g/mol. The first-order chi connectivity index (χ1) is 13.1. The zero-order valence-electron chi connectivity index (χ0n) is 14.7. The standard InChI is InChI=1S/C20H16ClN3O2S/c1-25-16-6-3-13(4-7-16)18-12-27-20(24-18)14(10-22)11-23-17-9-15(21)5-8-19(17)26-2/h3-9,11-12,23H,1-2H3. The molecule has 0 spiro atoms. The van der Waals surface area contributed by atoms with Crippen LogP contribution < -0.4 is 14.8 Å². The molecule has 1 aromatic heterocycles. The van der Waals surface area contributed by atoms with Crippen LogP contribution in [-0.2, 0) is 0 Å². The normalized spacial score (nSPS) is 11.0. The Morgan fingerprint density at radius 2 is 1.96 bits per heavy atom. The third kappa shape index (κ3) is 4.40. The maximum absolute atomic E-state index is 9.52. The van der Waals surface area contributed by atoms with E-state index >= 15 is 0 Å². The van der Waals surface area contributed by atoms with E-state index in [4.69, 9.17) is 21.1 Å². The number of ether oxygens (including phenoxy) is 2. The lowest BCUT2D eigenvalue weighted by atomic mass is 10.2. The highest BCUT2D eigenvalue weighted by Gasteiger charge is 2.10. The second kappa shape index (κ2) is 8.58. The number of anilines is 1. The highest BCUT2D eigenvalue weighted by molar-refractivity contribution is 7.11. The van der Waals surface area contributed by atoms with E-state index in [2.05, 4.69) is 16.4 Å². The number of hydrogen-bond acceptors (Lipinski definition) is 6. The topological polar surface area (TPSA) is 67.2 Å². The summed E-state index contributed by atoms with van der Waals surface area (Å²) in [5.41, 5.74) is 2.85. The van der Waals surface area contributed by atoms with Crippen LogP contribution in [0.25, 0.3) is 16.8 Å². The van der Waals surface area contributed by atoms with Crippen LogP contribution in [0.1, 0.15) is 5.01 Å². The number of aromatic nitrogens is 1. The first-order valence-corrected chi connectivity index (χ1v) is 9.21. The quantitative estimate of drug-likeness (QED) is 0.559. The highest BCUT2D eigenvalue weighted by Crippen LogP contribution is 2.30. The molecule has 0 fully saturated rings. The molecule has 3 aromatic rings. The fraction of sp³-hybridized carbons (Fsp3) is 0.100. The molecule has 0 atom stereocenters. The number of benzene rings is 2. The van der Waals surface area contributed by atoms with Gasteiger partial charge < -0.3 is 14.8 Å². The third-order valence-electron chi connectivity index (χ3n) is 3.77. The van der Waals surface area contributed by atoms with Gasteiger partial charge in [-0.2, -0.15) is 5.26 Å². The Labute approximate surface area is 166 Å². The lowest BCUT2D eigenvalue weighted by molar-refractivity contribution is 0.415. The maximum Gasteiger partial charge on any atom is 0.142 e. The Balaban J connectivity index is 1.84. The molecule has 0 amide bonds. The molecule has 0 aliphatic rings. The van der Waals surface area contributed by atoms with E-state index in [0.717, 1.165) is 17.0 Å². The number of hydrogen-bond donors (Lipinski definition) is 1. The molecule has 0 saturated heterocycles. The molecule has 2 aromatic carbocycles. The van der Waals surface area contributed by atoms with Gasteiger partial charge >= 0.3 is 0 Å². The molecule has 136 valence electrons. The molecule has 0 aliphatic carbocycles. The highest BCUT2D eigenvalue weighted by atomic mass is 35.5.